The van der Waals surface area contributed by atoms with E-state index in [1.54, 1.807) is 23.1 Å². The molecule has 114 valence electrons. The molecule has 1 aromatic heterocycles. The molecule has 0 aromatic carbocycles. The largest absolute Gasteiger partial charge is 0.351 e. The number of nitrogens with one attached hydrogen (secondary N) is 1. The molecule has 1 N–H and O–H groups in total. The van der Waals surface area contributed by atoms with Crippen LogP contribution in [0.25, 0.3) is 0 Å². The van der Waals surface area contributed by atoms with Crippen molar-refractivity contribution in [3.63, 3.8) is 0 Å². The third-order valence-corrected chi connectivity index (χ3v) is 7.96. The lowest BCUT2D eigenvalue weighted by atomic mass is 9.49. The maximum atomic E-state index is 12.4. The molecular weight excluding hydrogens is 298 g/mol. The van der Waals surface area contributed by atoms with E-state index in [1.165, 1.54) is 42.7 Å². The SMILES string of the molecule is CSc1ccc(C(=O)NCC23CC4CC(CC(C4)C2)C3)s1. The minimum Gasteiger partial charge on any atom is -0.351 e. The zero-order valence-corrected chi connectivity index (χ0v) is 14.2. The number of hydrogen-bond donors (Lipinski definition) is 1. The van der Waals surface area contributed by atoms with E-state index >= 15 is 0 Å². The molecule has 4 heteroatoms. The fraction of sp³-hybridized carbons (Fsp3) is 0.706. The molecule has 2 nitrogen and oxygen atoms in total. The molecule has 1 heterocycles. The number of amides is 1. The zero-order valence-electron chi connectivity index (χ0n) is 12.6. The highest BCUT2D eigenvalue weighted by Gasteiger charge is 2.50. The highest BCUT2D eigenvalue weighted by atomic mass is 32.2. The van der Waals surface area contributed by atoms with E-state index in [4.69, 9.17) is 0 Å². The second-order valence-electron chi connectivity index (χ2n) is 7.42. The van der Waals surface area contributed by atoms with Crippen LogP contribution in [0.2, 0.25) is 0 Å². The summed E-state index contributed by atoms with van der Waals surface area (Å²) >= 11 is 3.32. The summed E-state index contributed by atoms with van der Waals surface area (Å²) in [5, 5.41) is 3.26. The third-order valence-electron chi connectivity index (χ3n) is 5.80. The van der Waals surface area contributed by atoms with Gasteiger partial charge in [-0.05, 0) is 80.1 Å². The number of carbonyl (C=O) groups is 1. The normalized spacial score (nSPS) is 36.9. The van der Waals surface area contributed by atoms with Crippen LogP contribution >= 0.6 is 23.1 Å². The summed E-state index contributed by atoms with van der Waals surface area (Å²) in [5.74, 6) is 3.00. The van der Waals surface area contributed by atoms with Crippen LogP contribution in [0.1, 0.15) is 48.2 Å². The Balaban J connectivity index is 1.41. The molecule has 4 saturated carbocycles. The average Bonchev–Trinajstić information content (AvgIpc) is 2.92. The Morgan fingerprint density at radius 3 is 2.38 bits per heavy atom. The van der Waals surface area contributed by atoms with E-state index in [0.29, 0.717) is 5.41 Å². The molecule has 0 spiro atoms. The molecule has 1 aromatic rings. The molecule has 5 rings (SSSR count). The van der Waals surface area contributed by atoms with Crippen LogP contribution in [-0.2, 0) is 0 Å². The van der Waals surface area contributed by atoms with Crippen molar-refractivity contribution in [2.24, 2.45) is 23.2 Å². The van der Waals surface area contributed by atoms with Crippen LogP contribution in [0.4, 0.5) is 0 Å². The Bertz CT molecular complexity index is 515. The van der Waals surface area contributed by atoms with Crippen molar-refractivity contribution in [3.05, 3.63) is 17.0 Å². The molecule has 1 amide bonds. The van der Waals surface area contributed by atoms with E-state index in [9.17, 15) is 4.79 Å². The third kappa shape index (κ3) is 2.65. The standard InChI is InChI=1S/C17H23NOS2/c1-20-15-3-2-14(21-15)16(19)18-10-17-7-11-4-12(8-17)6-13(5-11)9-17/h2-3,11-13H,4-10H2,1H3,(H,18,19). The Morgan fingerprint density at radius 2 is 1.86 bits per heavy atom. The maximum absolute atomic E-state index is 12.4. The summed E-state index contributed by atoms with van der Waals surface area (Å²) in [6.45, 7) is 0.905. The number of hydrogen-bond acceptors (Lipinski definition) is 3. The lowest BCUT2D eigenvalue weighted by Gasteiger charge is -2.56. The van der Waals surface area contributed by atoms with E-state index in [-0.39, 0.29) is 5.91 Å². The molecule has 0 atom stereocenters. The first-order valence-electron chi connectivity index (χ1n) is 8.08. The van der Waals surface area contributed by atoms with Gasteiger partial charge in [0.1, 0.15) is 0 Å². The van der Waals surface area contributed by atoms with Crippen molar-refractivity contribution in [3.8, 4) is 0 Å². The van der Waals surface area contributed by atoms with Crippen molar-refractivity contribution in [1.82, 2.24) is 5.32 Å². The highest BCUT2D eigenvalue weighted by molar-refractivity contribution is 8.00. The summed E-state index contributed by atoms with van der Waals surface area (Å²) in [6, 6.07) is 4.01. The number of rotatable bonds is 4. The minimum atomic E-state index is 0.135. The molecule has 0 saturated heterocycles. The van der Waals surface area contributed by atoms with Crippen molar-refractivity contribution in [2.75, 3.05) is 12.8 Å². The lowest BCUT2D eigenvalue weighted by molar-refractivity contribution is -0.0503. The fourth-order valence-corrected chi connectivity index (χ4v) is 6.87. The van der Waals surface area contributed by atoms with Gasteiger partial charge in [0.15, 0.2) is 0 Å². The van der Waals surface area contributed by atoms with Crippen LogP contribution in [0.15, 0.2) is 16.3 Å². The number of carbonyl (C=O) groups excluding carboxylic acids is 1. The van der Waals surface area contributed by atoms with Gasteiger partial charge < -0.3 is 5.32 Å². The summed E-state index contributed by atoms with van der Waals surface area (Å²) in [6.07, 6.45) is 10.5. The summed E-state index contributed by atoms with van der Waals surface area (Å²) in [7, 11) is 0. The molecule has 0 aliphatic heterocycles. The predicted molar refractivity (Wildman–Crippen MR) is 89.0 cm³/mol. The van der Waals surface area contributed by atoms with Crippen molar-refractivity contribution < 1.29 is 4.79 Å². The molecule has 4 fully saturated rings. The van der Waals surface area contributed by atoms with E-state index < -0.39 is 0 Å². The smallest absolute Gasteiger partial charge is 0.261 e. The Kier molecular flexibility index (Phi) is 3.57. The van der Waals surface area contributed by atoms with Crippen LogP contribution in [0.5, 0.6) is 0 Å². The summed E-state index contributed by atoms with van der Waals surface area (Å²) in [5.41, 5.74) is 0.435. The second-order valence-corrected chi connectivity index (χ2v) is 9.61. The molecule has 0 radical (unpaired) electrons. The summed E-state index contributed by atoms with van der Waals surface area (Å²) in [4.78, 5) is 13.2. The Hall–Kier alpha value is -0.480. The van der Waals surface area contributed by atoms with Gasteiger partial charge in [-0.2, -0.15) is 0 Å². The van der Waals surface area contributed by atoms with Crippen LogP contribution in [0.3, 0.4) is 0 Å². The van der Waals surface area contributed by atoms with Crippen molar-refractivity contribution >= 4 is 29.0 Å². The Labute approximate surface area is 135 Å². The van der Waals surface area contributed by atoms with E-state index in [1.807, 2.05) is 6.07 Å². The first kappa shape index (κ1) is 14.1. The van der Waals surface area contributed by atoms with Crippen LogP contribution < -0.4 is 5.32 Å². The van der Waals surface area contributed by atoms with E-state index in [2.05, 4.69) is 17.6 Å². The van der Waals surface area contributed by atoms with Gasteiger partial charge in [-0.15, -0.1) is 23.1 Å². The predicted octanol–water partition coefficient (Wildman–Crippen LogP) is 4.42. The minimum absolute atomic E-state index is 0.135. The first-order valence-corrected chi connectivity index (χ1v) is 10.1. The van der Waals surface area contributed by atoms with Gasteiger partial charge in [0, 0.05) is 6.54 Å². The Morgan fingerprint density at radius 1 is 1.24 bits per heavy atom. The van der Waals surface area contributed by atoms with Gasteiger partial charge in [-0.3, -0.25) is 4.79 Å². The fourth-order valence-electron chi connectivity index (χ4n) is 5.41. The monoisotopic (exact) mass is 321 g/mol. The topological polar surface area (TPSA) is 29.1 Å². The van der Waals surface area contributed by atoms with Gasteiger partial charge in [0.05, 0.1) is 9.09 Å². The van der Waals surface area contributed by atoms with Gasteiger partial charge >= 0.3 is 0 Å². The van der Waals surface area contributed by atoms with Crippen LogP contribution in [-0.4, -0.2) is 18.7 Å². The summed E-state index contributed by atoms with van der Waals surface area (Å²) < 4.78 is 1.22. The molecule has 4 aliphatic rings. The number of thiophene rings is 1. The van der Waals surface area contributed by atoms with Crippen LogP contribution in [0, 0.1) is 23.2 Å². The van der Waals surface area contributed by atoms with Crippen molar-refractivity contribution in [2.45, 2.75) is 42.7 Å². The lowest BCUT2D eigenvalue weighted by Crippen LogP contribution is -2.51. The van der Waals surface area contributed by atoms with Gasteiger partial charge in [-0.25, -0.2) is 0 Å². The van der Waals surface area contributed by atoms with Crippen molar-refractivity contribution in [1.29, 1.82) is 0 Å². The first-order chi connectivity index (χ1) is 10.2. The average molecular weight is 322 g/mol. The zero-order chi connectivity index (χ0) is 14.4. The molecule has 0 unspecified atom stereocenters. The van der Waals surface area contributed by atoms with Gasteiger partial charge in [0.2, 0.25) is 0 Å². The molecule has 4 bridgehead atoms. The van der Waals surface area contributed by atoms with E-state index in [0.717, 1.165) is 29.2 Å². The number of thioether (sulfide) groups is 1. The van der Waals surface area contributed by atoms with Gasteiger partial charge in [-0.1, -0.05) is 0 Å². The van der Waals surface area contributed by atoms with Gasteiger partial charge in [0.25, 0.3) is 5.91 Å². The molecular formula is C17H23NOS2. The highest BCUT2D eigenvalue weighted by Crippen LogP contribution is 2.59. The molecule has 4 aliphatic carbocycles. The second kappa shape index (κ2) is 5.31. The maximum Gasteiger partial charge on any atom is 0.261 e. The quantitative estimate of drug-likeness (QED) is 0.832. The molecule has 21 heavy (non-hydrogen) atoms.